The number of hydrogen-bond acceptors (Lipinski definition) is 5. The molecule has 0 aliphatic carbocycles. The van der Waals surface area contributed by atoms with E-state index < -0.39 is 10.0 Å². The SMILES string of the molecule is CCC1(CC)CC(NS(=O)(=O)c2ccsc2CO)CCO1. The normalized spacial score (nSPS) is 22.3. The van der Waals surface area contributed by atoms with Crippen molar-refractivity contribution >= 4 is 21.4 Å². The van der Waals surface area contributed by atoms with E-state index in [4.69, 9.17) is 4.74 Å². The fourth-order valence-corrected chi connectivity index (χ4v) is 5.40. The van der Waals surface area contributed by atoms with Gasteiger partial charge in [-0.2, -0.15) is 0 Å². The standard InChI is InChI=1S/C14H23NO4S2/c1-3-14(4-2)9-11(5-7-19-14)15-21(17,18)13-6-8-20-12(13)10-16/h6,8,11,15-16H,3-5,7,9-10H2,1-2H3. The smallest absolute Gasteiger partial charge is 0.242 e. The fraction of sp³-hybridized carbons (Fsp3) is 0.714. The predicted octanol–water partition coefficient (Wildman–Crippen LogP) is 2.26. The molecule has 1 aromatic rings. The largest absolute Gasteiger partial charge is 0.391 e. The Labute approximate surface area is 130 Å². The molecular formula is C14H23NO4S2. The van der Waals surface area contributed by atoms with Crippen molar-refractivity contribution in [3.63, 3.8) is 0 Å². The molecule has 1 saturated heterocycles. The van der Waals surface area contributed by atoms with E-state index in [1.807, 2.05) is 0 Å². The van der Waals surface area contributed by atoms with Crippen LogP contribution in [0.15, 0.2) is 16.3 Å². The maximum Gasteiger partial charge on any atom is 0.242 e. The van der Waals surface area contributed by atoms with Crippen LogP contribution in [0.5, 0.6) is 0 Å². The van der Waals surface area contributed by atoms with E-state index in [0.29, 0.717) is 24.3 Å². The van der Waals surface area contributed by atoms with Crippen LogP contribution in [0.3, 0.4) is 0 Å². The van der Waals surface area contributed by atoms with Gasteiger partial charge in [0.05, 0.1) is 17.1 Å². The van der Waals surface area contributed by atoms with E-state index in [9.17, 15) is 13.5 Å². The van der Waals surface area contributed by atoms with Crippen LogP contribution in [-0.4, -0.2) is 31.8 Å². The monoisotopic (exact) mass is 333 g/mol. The molecule has 0 saturated carbocycles. The second-order valence-electron chi connectivity index (χ2n) is 5.42. The van der Waals surface area contributed by atoms with Crippen LogP contribution in [0.4, 0.5) is 0 Å². The Bertz CT molecular complexity index is 563. The van der Waals surface area contributed by atoms with Gasteiger partial charge in [-0.1, -0.05) is 13.8 Å². The Morgan fingerprint density at radius 1 is 1.48 bits per heavy atom. The lowest BCUT2D eigenvalue weighted by molar-refractivity contribution is -0.0905. The summed E-state index contributed by atoms with van der Waals surface area (Å²) in [4.78, 5) is 0.673. The Hall–Kier alpha value is -0.470. The lowest BCUT2D eigenvalue weighted by atomic mass is 9.86. The van der Waals surface area contributed by atoms with Crippen LogP contribution in [0.25, 0.3) is 0 Å². The van der Waals surface area contributed by atoms with Crippen LogP contribution in [0.2, 0.25) is 0 Å². The summed E-state index contributed by atoms with van der Waals surface area (Å²) in [6.45, 7) is 4.47. The van der Waals surface area contributed by atoms with Crippen molar-refractivity contribution in [2.75, 3.05) is 6.61 Å². The van der Waals surface area contributed by atoms with Crippen LogP contribution < -0.4 is 4.72 Å². The van der Waals surface area contributed by atoms with Gasteiger partial charge in [0.25, 0.3) is 0 Å². The number of sulfonamides is 1. The molecule has 1 fully saturated rings. The van der Waals surface area contributed by atoms with E-state index >= 15 is 0 Å². The molecule has 1 aliphatic heterocycles. The molecule has 0 radical (unpaired) electrons. The molecular weight excluding hydrogens is 310 g/mol. The molecule has 2 heterocycles. The van der Waals surface area contributed by atoms with Crippen molar-refractivity contribution in [2.24, 2.45) is 0 Å². The first-order chi connectivity index (χ1) is 9.96. The summed E-state index contributed by atoms with van der Waals surface area (Å²) in [5, 5.41) is 10.9. The summed E-state index contributed by atoms with van der Waals surface area (Å²) in [5.74, 6) is 0. The zero-order chi connectivity index (χ0) is 15.5. The first-order valence-corrected chi connectivity index (χ1v) is 9.66. The molecule has 0 amide bonds. The highest BCUT2D eigenvalue weighted by molar-refractivity contribution is 7.89. The number of ether oxygens (including phenoxy) is 1. The van der Waals surface area contributed by atoms with Crippen molar-refractivity contribution in [3.8, 4) is 0 Å². The fourth-order valence-electron chi connectivity index (χ4n) is 2.84. The molecule has 2 rings (SSSR count). The minimum absolute atomic E-state index is 0.116. The van der Waals surface area contributed by atoms with E-state index in [-0.39, 0.29) is 23.1 Å². The lowest BCUT2D eigenvalue weighted by Gasteiger charge is -2.40. The topological polar surface area (TPSA) is 75.6 Å². The van der Waals surface area contributed by atoms with E-state index in [1.165, 1.54) is 11.3 Å². The number of rotatable bonds is 6. The Morgan fingerprint density at radius 2 is 2.19 bits per heavy atom. The summed E-state index contributed by atoms with van der Waals surface area (Å²) in [6.07, 6.45) is 3.13. The molecule has 1 atom stereocenters. The van der Waals surface area contributed by atoms with E-state index in [1.54, 1.807) is 11.4 Å². The highest BCUT2D eigenvalue weighted by atomic mass is 32.2. The summed E-state index contributed by atoms with van der Waals surface area (Å²) in [7, 11) is -3.58. The molecule has 5 nitrogen and oxygen atoms in total. The lowest BCUT2D eigenvalue weighted by Crippen LogP contribution is -2.48. The molecule has 1 aromatic heterocycles. The molecule has 1 unspecified atom stereocenters. The number of hydrogen-bond donors (Lipinski definition) is 2. The number of aliphatic hydroxyl groups is 1. The zero-order valence-electron chi connectivity index (χ0n) is 12.5. The Balaban J connectivity index is 2.14. The highest BCUT2D eigenvalue weighted by Gasteiger charge is 2.36. The first-order valence-electron chi connectivity index (χ1n) is 7.30. The van der Waals surface area contributed by atoms with Gasteiger partial charge in [0, 0.05) is 17.5 Å². The first kappa shape index (κ1) is 16.9. The Morgan fingerprint density at radius 3 is 2.81 bits per heavy atom. The predicted molar refractivity (Wildman–Crippen MR) is 82.9 cm³/mol. The summed E-state index contributed by atoms with van der Waals surface area (Å²) in [6, 6.07) is 1.43. The molecule has 7 heteroatoms. The molecule has 120 valence electrons. The van der Waals surface area contributed by atoms with Crippen LogP contribution in [0, 0.1) is 0 Å². The van der Waals surface area contributed by atoms with Crippen molar-refractivity contribution in [1.82, 2.24) is 4.72 Å². The summed E-state index contributed by atoms with van der Waals surface area (Å²) >= 11 is 1.25. The molecule has 0 spiro atoms. The molecule has 0 aromatic carbocycles. The van der Waals surface area contributed by atoms with Gasteiger partial charge in [-0.15, -0.1) is 11.3 Å². The van der Waals surface area contributed by atoms with Gasteiger partial charge >= 0.3 is 0 Å². The third-order valence-electron chi connectivity index (χ3n) is 4.24. The van der Waals surface area contributed by atoms with Crippen molar-refractivity contribution in [1.29, 1.82) is 0 Å². The summed E-state index contributed by atoms with van der Waals surface area (Å²) < 4.78 is 33.6. The zero-order valence-corrected chi connectivity index (χ0v) is 14.1. The average Bonchev–Trinajstić information content (AvgIpc) is 2.96. The van der Waals surface area contributed by atoms with Crippen LogP contribution in [0.1, 0.15) is 44.4 Å². The highest BCUT2D eigenvalue weighted by Crippen LogP contribution is 2.32. The number of nitrogens with one attached hydrogen (secondary N) is 1. The van der Waals surface area contributed by atoms with Gasteiger partial charge in [-0.25, -0.2) is 13.1 Å². The minimum Gasteiger partial charge on any atom is -0.391 e. The van der Waals surface area contributed by atoms with Gasteiger partial charge in [-0.3, -0.25) is 0 Å². The van der Waals surface area contributed by atoms with Gasteiger partial charge in [0.1, 0.15) is 0 Å². The van der Waals surface area contributed by atoms with Gasteiger partial charge in [0.2, 0.25) is 10.0 Å². The van der Waals surface area contributed by atoms with Crippen molar-refractivity contribution in [3.05, 3.63) is 16.3 Å². The average molecular weight is 333 g/mol. The molecule has 1 aliphatic rings. The summed E-state index contributed by atoms with van der Waals surface area (Å²) in [5.41, 5.74) is -0.222. The minimum atomic E-state index is -3.58. The van der Waals surface area contributed by atoms with Crippen molar-refractivity contribution < 1.29 is 18.3 Å². The van der Waals surface area contributed by atoms with Gasteiger partial charge < -0.3 is 9.84 Å². The second-order valence-corrected chi connectivity index (χ2v) is 8.10. The third kappa shape index (κ3) is 3.65. The Kier molecular flexibility index (Phi) is 5.43. The number of thiophene rings is 1. The number of aliphatic hydroxyl groups excluding tert-OH is 1. The van der Waals surface area contributed by atoms with Crippen LogP contribution >= 0.6 is 11.3 Å². The second kappa shape index (κ2) is 6.75. The van der Waals surface area contributed by atoms with Crippen molar-refractivity contribution in [2.45, 2.75) is 62.7 Å². The van der Waals surface area contributed by atoms with Gasteiger partial charge in [0.15, 0.2) is 0 Å². The third-order valence-corrected chi connectivity index (χ3v) is 6.88. The quantitative estimate of drug-likeness (QED) is 0.837. The molecule has 21 heavy (non-hydrogen) atoms. The van der Waals surface area contributed by atoms with Crippen LogP contribution in [-0.2, 0) is 21.4 Å². The molecule has 0 bridgehead atoms. The van der Waals surface area contributed by atoms with E-state index in [2.05, 4.69) is 18.6 Å². The van der Waals surface area contributed by atoms with E-state index in [0.717, 1.165) is 12.8 Å². The maximum absolute atomic E-state index is 12.5. The maximum atomic E-state index is 12.5. The molecule has 2 N–H and O–H groups in total. The van der Waals surface area contributed by atoms with Gasteiger partial charge in [-0.05, 0) is 37.1 Å².